The van der Waals surface area contributed by atoms with Gasteiger partial charge in [-0.2, -0.15) is 0 Å². The Hall–Kier alpha value is -2.57. The Bertz CT molecular complexity index is 963. The lowest BCUT2D eigenvalue weighted by molar-refractivity contribution is 0.171. The smallest absolute Gasteiger partial charge is 0.190 e. The summed E-state index contributed by atoms with van der Waals surface area (Å²) < 4.78 is 18.9. The number of methoxy groups -OCH3 is 1. The van der Waals surface area contributed by atoms with E-state index in [0.29, 0.717) is 19.8 Å². The van der Waals surface area contributed by atoms with Crippen molar-refractivity contribution in [1.29, 1.82) is 0 Å². The summed E-state index contributed by atoms with van der Waals surface area (Å²) in [5.74, 6) is 1.61. The van der Waals surface area contributed by atoms with E-state index < -0.39 is 0 Å². The Morgan fingerprint density at radius 1 is 1.07 bits per heavy atom. The first-order valence-corrected chi connectivity index (χ1v) is 9.90. The Morgan fingerprint density at radius 3 is 2.70 bits per heavy atom. The highest BCUT2D eigenvalue weighted by atomic mass is 32.1. The molecule has 0 amide bonds. The van der Waals surface area contributed by atoms with Crippen LogP contribution in [0.4, 0.5) is 5.69 Å². The molecule has 5 nitrogen and oxygen atoms in total. The molecule has 140 valence electrons. The third-order valence-electron chi connectivity index (χ3n) is 4.35. The van der Waals surface area contributed by atoms with Crippen molar-refractivity contribution in [2.75, 3.05) is 26.9 Å². The van der Waals surface area contributed by atoms with Crippen LogP contribution in [0.5, 0.6) is 11.5 Å². The molecule has 27 heavy (non-hydrogen) atoms. The van der Waals surface area contributed by atoms with Gasteiger partial charge in [0.1, 0.15) is 13.2 Å². The first kappa shape index (κ1) is 17.8. The molecule has 0 spiro atoms. The molecule has 0 N–H and O–H groups in total. The van der Waals surface area contributed by atoms with E-state index in [9.17, 15) is 0 Å². The largest absolute Gasteiger partial charge is 0.486 e. The number of hydrogen-bond donors (Lipinski definition) is 0. The second-order valence-corrected chi connectivity index (χ2v) is 7.04. The molecule has 1 aliphatic heterocycles. The molecule has 6 heteroatoms. The predicted molar refractivity (Wildman–Crippen MR) is 107 cm³/mol. The van der Waals surface area contributed by atoms with Crippen molar-refractivity contribution in [2.45, 2.75) is 13.0 Å². The maximum Gasteiger partial charge on any atom is 0.190 e. The van der Waals surface area contributed by atoms with Gasteiger partial charge in [0, 0.05) is 31.2 Å². The predicted octanol–water partition coefficient (Wildman–Crippen LogP) is 4.26. The van der Waals surface area contributed by atoms with Gasteiger partial charge in [-0.1, -0.05) is 18.2 Å². The van der Waals surface area contributed by atoms with E-state index in [-0.39, 0.29) is 0 Å². The van der Waals surface area contributed by atoms with Gasteiger partial charge < -0.3 is 18.8 Å². The van der Waals surface area contributed by atoms with Crippen molar-refractivity contribution >= 4 is 17.0 Å². The second-order valence-electron chi connectivity index (χ2n) is 6.21. The van der Waals surface area contributed by atoms with Gasteiger partial charge >= 0.3 is 0 Å². The van der Waals surface area contributed by atoms with Gasteiger partial charge in [0.15, 0.2) is 16.3 Å². The number of benzene rings is 2. The molecule has 3 aromatic rings. The van der Waals surface area contributed by atoms with E-state index >= 15 is 0 Å². The van der Waals surface area contributed by atoms with Gasteiger partial charge in [0.25, 0.3) is 0 Å². The van der Waals surface area contributed by atoms with E-state index in [2.05, 4.69) is 22.1 Å². The Kier molecular flexibility index (Phi) is 5.55. The average molecular weight is 382 g/mol. The molecule has 0 saturated carbocycles. The van der Waals surface area contributed by atoms with Crippen LogP contribution in [-0.4, -0.2) is 31.5 Å². The summed E-state index contributed by atoms with van der Waals surface area (Å²) in [6.07, 6.45) is 0.923. The van der Waals surface area contributed by atoms with Gasteiger partial charge in [-0.3, -0.25) is 0 Å². The van der Waals surface area contributed by atoms with Crippen LogP contribution in [0.25, 0.3) is 11.3 Å². The van der Waals surface area contributed by atoms with Crippen LogP contribution in [0.2, 0.25) is 0 Å². The average Bonchev–Trinajstić information content (AvgIpc) is 3.11. The Balaban J connectivity index is 1.75. The van der Waals surface area contributed by atoms with Crippen molar-refractivity contribution in [3.63, 3.8) is 0 Å². The number of para-hydroxylation sites is 1. The maximum atomic E-state index is 5.75. The summed E-state index contributed by atoms with van der Waals surface area (Å²) in [4.78, 5) is 5.81. The minimum atomic E-state index is 0.586. The summed E-state index contributed by atoms with van der Waals surface area (Å²) in [6.45, 7) is 2.74. The van der Waals surface area contributed by atoms with Crippen LogP contribution in [0.3, 0.4) is 0 Å². The minimum absolute atomic E-state index is 0.586. The lowest BCUT2D eigenvalue weighted by Gasteiger charge is -2.19. The van der Waals surface area contributed by atoms with Crippen LogP contribution < -0.4 is 14.3 Å². The van der Waals surface area contributed by atoms with E-state index in [4.69, 9.17) is 19.2 Å². The first-order valence-electron chi connectivity index (χ1n) is 9.02. The van der Waals surface area contributed by atoms with Crippen LogP contribution in [-0.2, 0) is 11.3 Å². The molecule has 0 fully saturated rings. The molecule has 0 bridgehead atoms. The summed E-state index contributed by atoms with van der Waals surface area (Å²) in [5, 5.41) is 2.15. The van der Waals surface area contributed by atoms with Crippen molar-refractivity contribution in [1.82, 2.24) is 4.57 Å². The first-order chi connectivity index (χ1) is 13.3. The highest BCUT2D eigenvalue weighted by molar-refractivity contribution is 7.07. The van der Waals surface area contributed by atoms with Gasteiger partial charge in [-0.25, -0.2) is 4.99 Å². The summed E-state index contributed by atoms with van der Waals surface area (Å²) >= 11 is 1.64. The van der Waals surface area contributed by atoms with E-state index in [1.54, 1.807) is 18.4 Å². The number of hydrogen-bond acceptors (Lipinski definition) is 5. The number of aromatic nitrogens is 1. The van der Waals surface area contributed by atoms with Gasteiger partial charge in [-0.15, -0.1) is 11.3 Å². The zero-order valence-electron chi connectivity index (χ0n) is 15.3. The van der Waals surface area contributed by atoms with Crippen molar-refractivity contribution in [3.8, 4) is 22.8 Å². The van der Waals surface area contributed by atoms with Gasteiger partial charge in [0.05, 0.1) is 11.4 Å². The number of nitrogens with zero attached hydrogens (tertiary/aromatic N) is 2. The standard InChI is InChI=1S/C21H22N2O3S/c1-24-11-5-10-23-18(15-27-21(23)22-17-6-3-2-4-7-17)16-8-9-19-20(14-16)26-13-12-25-19/h2-4,6-9,14-15H,5,10-13H2,1H3. The summed E-state index contributed by atoms with van der Waals surface area (Å²) in [6, 6.07) is 16.2. The zero-order valence-corrected chi connectivity index (χ0v) is 16.1. The number of thiazole rings is 1. The van der Waals surface area contributed by atoms with Crippen molar-refractivity contribution in [2.24, 2.45) is 4.99 Å². The Labute approximate surface area is 162 Å². The second kappa shape index (κ2) is 8.41. The molecule has 0 aliphatic carbocycles. The van der Waals surface area contributed by atoms with Gasteiger partial charge in [0.2, 0.25) is 0 Å². The molecular formula is C21H22N2O3S. The Morgan fingerprint density at radius 2 is 1.89 bits per heavy atom. The molecule has 2 aromatic carbocycles. The molecule has 0 radical (unpaired) electrons. The number of rotatable bonds is 6. The maximum absolute atomic E-state index is 5.75. The minimum Gasteiger partial charge on any atom is -0.486 e. The molecular weight excluding hydrogens is 360 g/mol. The summed E-state index contributed by atoms with van der Waals surface area (Å²) in [5.41, 5.74) is 3.18. The fourth-order valence-electron chi connectivity index (χ4n) is 3.05. The molecule has 1 aliphatic rings. The highest BCUT2D eigenvalue weighted by Crippen LogP contribution is 2.34. The van der Waals surface area contributed by atoms with Crippen LogP contribution >= 0.6 is 11.3 Å². The van der Waals surface area contributed by atoms with Gasteiger partial charge in [-0.05, 0) is 36.8 Å². The normalized spacial score (nSPS) is 13.7. The number of fused-ring (bicyclic) bond motifs is 1. The number of ether oxygens (including phenoxy) is 3. The lowest BCUT2D eigenvalue weighted by Crippen LogP contribution is -2.17. The molecule has 0 atom stereocenters. The third-order valence-corrected chi connectivity index (χ3v) is 5.21. The lowest BCUT2D eigenvalue weighted by atomic mass is 10.1. The SMILES string of the molecule is COCCCn1c(-c2ccc3c(c2)OCCO3)csc1=Nc1ccccc1. The van der Waals surface area contributed by atoms with E-state index in [0.717, 1.165) is 46.2 Å². The molecule has 0 unspecified atom stereocenters. The highest BCUT2D eigenvalue weighted by Gasteiger charge is 2.15. The topological polar surface area (TPSA) is 45.0 Å². The van der Waals surface area contributed by atoms with Crippen LogP contribution in [0.1, 0.15) is 6.42 Å². The zero-order chi connectivity index (χ0) is 18.5. The van der Waals surface area contributed by atoms with Crippen LogP contribution in [0, 0.1) is 0 Å². The van der Waals surface area contributed by atoms with E-state index in [1.165, 1.54) is 0 Å². The fourth-order valence-corrected chi connectivity index (χ4v) is 4.00. The fraction of sp³-hybridized carbons (Fsp3) is 0.286. The third kappa shape index (κ3) is 4.07. The van der Waals surface area contributed by atoms with Crippen molar-refractivity contribution in [3.05, 3.63) is 58.7 Å². The molecule has 0 saturated heterocycles. The van der Waals surface area contributed by atoms with Crippen molar-refractivity contribution < 1.29 is 14.2 Å². The molecule has 1 aromatic heterocycles. The summed E-state index contributed by atoms with van der Waals surface area (Å²) in [7, 11) is 1.73. The monoisotopic (exact) mass is 382 g/mol. The molecule has 4 rings (SSSR count). The quantitative estimate of drug-likeness (QED) is 0.599. The van der Waals surface area contributed by atoms with Crippen LogP contribution in [0.15, 0.2) is 58.9 Å². The molecule has 2 heterocycles. The van der Waals surface area contributed by atoms with E-state index in [1.807, 2.05) is 36.4 Å².